The van der Waals surface area contributed by atoms with E-state index in [0.29, 0.717) is 29.2 Å². The van der Waals surface area contributed by atoms with Gasteiger partial charge in [0.1, 0.15) is 23.1 Å². The minimum atomic E-state index is -0.539. The van der Waals surface area contributed by atoms with E-state index in [-0.39, 0.29) is 5.78 Å². The van der Waals surface area contributed by atoms with Crippen LogP contribution < -0.4 is 24.0 Å². The number of aryl methyl sites for hydroxylation is 1. The molecular formula is C25H33N5O4. The second-order valence-corrected chi connectivity index (χ2v) is 9.47. The number of methoxy groups -OCH3 is 2. The van der Waals surface area contributed by atoms with Gasteiger partial charge in [-0.3, -0.25) is 4.79 Å². The summed E-state index contributed by atoms with van der Waals surface area (Å²) in [5.74, 6) is 4.35. The molecule has 2 fully saturated rings. The molecule has 1 spiro atoms. The van der Waals surface area contributed by atoms with Crippen LogP contribution in [-0.4, -0.2) is 86.8 Å². The van der Waals surface area contributed by atoms with Gasteiger partial charge in [0.15, 0.2) is 17.3 Å². The second-order valence-electron chi connectivity index (χ2n) is 9.47. The van der Waals surface area contributed by atoms with Gasteiger partial charge in [-0.15, -0.1) is 0 Å². The van der Waals surface area contributed by atoms with Crippen molar-refractivity contribution in [3.05, 3.63) is 29.6 Å². The zero-order chi connectivity index (χ0) is 23.9. The smallest absolute Gasteiger partial charge is 0.204 e. The fourth-order valence-corrected chi connectivity index (χ4v) is 5.18. The Kier molecular flexibility index (Phi) is 5.97. The van der Waals surface area contributed by atoms with Gasteiger partial charge in [0, 0.05) is 58.2 Å². The van der Waals surface area contributed by atoms with Crippen molar-refractivity contribution in [1.29, 1.82) is 0 Å². The largest absolute Gasteiger partial charge is 0.493 e. The number of piperidine rings is 1. The topological polar surface area (TPSA) is 80.3 Å². The number of carbonyl (C=O) groups is 1. The first-order chi connectivity index (χ1) is 16.4. The van der Waals surface area contributed by atoms with Crippen LogP contribution in [0.15, 0.2) is 18.2 Å². The van der Waals surface area contributed by atoms with Crippen LogP contribution in [-0.2, 0) is 0 Å². The summed E-state index contributed by atoms with van der Waals surface area (Å²) in [4.78, 5) is 29.4. The van der Waals surface area contributed by atoms with Crippen LogP contribution in [0.4, 0.5) is 11.6 Å². The van der Waals surface area contributed by atoms with E-state index >= 15 is 0 Å². The Morgan fingerprint density at radius 2 is 1.59 bits per heavy atom. The Bertz CT molecular complexity index is 1080. The molecule has 9 heteroatoms. The maximum atomic E-state index is 13.0. The van der Waals surface area contributed by atoms with Gasteiger partial charge in [0.05, 0.1) is 26.2 Å². The highest BCUT2D eigenvalue weighted by molar-refractivity contribution is 6.01. The van der Waals surface area contributed by atoms with Crippen LogP contribution in [0.5, 0.6) is 17.2 Å². The SMILES string of the molecule is COc1ccc2c(c1OC)OC1(CCN(c3cc(N4CCN(C)CC4)nc(C)n3)CC1)CC2=O. The van der Waals surface area contributed by atoms with Gasteiger partial charge in [-0.2, -0.15) is 0 Å². The highest BCUT2D eigenvalue weighted by Crippen LogP contribution is 2.48. The summed E-state index contributed by atoms with van der Waals surface area (Å²) in [6.07, 6.45) is 1.83. The fourth-order valence-electron chi connectivity index (χ4n) is 5.18. The molecule has 5 rings (SSSR count). The average Bonchev–Trinajstić information content (AvgIpc) is 2.83. The molecule has 2 saturated heterocycles. The van der Waals surface area contributed by atoms with Crippen LogP contribution in [0, 0.1) is 6.92 Å². The first-order valence-corrected chi connectivity index (χ1v) is 11.9. The molecule has 34 heavy (non-hydrogen) atoms. The number of hydrogen-bond acceptors (Lipinski definition) is 9. The molecule has 0 N–H and O–H groups in total. The predicted octanol–water partition coefficient (Wildman–Crippen LogP) is 2.56. The Hall–Kier alpha value is -3.07. The summed E-state index contributed by atoms with van der Waals surface area (Å²) in [5.41, 5.74) is 0.0247. The normalized spacial score (nSPS) is 20.2. The number of aromatic nitrogens is 2. The van der Waals surface area contributed by atoms with Crippen molar-refractivity contribution in [2.24, 2.45) is 0 Å². The lowest BCUT2D eigenvalue weighted by molar-refractivity contribution is 0.0207. The van der Waals surface area contributed by atoms with Gasteiger partial charge >= 0.3 is 0 Å². The minimum Gasteiger partial charge on any atom is -0.493 e. The first-order valence-electron chi connectivity index (χ1n) is 11.9. The zero-order valence-corrected chi connectivity index (χ0v) is 20.5. The molecule has 0 unspecified atom stereocenters. The molecule has 182 valence electrons. The molecule has 0 bridgehead atoms. The number of rotatable bonds is 4. The fraction of sp³-hybridized carbons (Fsp3) is 0.560. The number of fused-ring (bicyclic) bond motifs is 1. The average molecular weight is 468 g/mol. The maximum Gasteiger partial charge on any atom is 0.204 e. The van der Waals surface area contributed by atoms with E-state index in [4.69, 9.17) is 24.2 Å². The van der Waals surface area contributed by atoms with E-state index in [9.17, 15) is 4.79 Å². The van der Waals surface area contributed by atoms with Gasteiger partial charge in [0.2, 0.25) is 5.75 Å². The number of carbonyl (C=O) groups excluding carboxylic acids is 1. The number of ether oxygens (including phenoxy) is 3. The van der Waals surface area contributed by atoms with Gasteiger partial charge in [-0.25, -0.2) is 9.97 Å². The molecular weight excluding hydrogens is 434 g/mol. The third-order valence-corrected chi connectivity index (χ3v) is 7.24. The van der Waals surface area contributed by atoms with Gasteiger partial charge in [0.25, 0.3) is 0 Å². The van der Waals surface area contributed by atoms with Gasteiger partial charge < -0.3 is 28.9 Å². The summed E-state index contributed by atoms with van der Waals surface area (Å²) in [5, 5.41) is 0. The highest BCUT2D eigenvalue weighted by Gasteiger charge is 2.44. The zero-order valence-electron chi connectivity index (χ0n) is 20.5. The van der Waals surface area contributed by atoms with E-state index in [1.165, 1.54) is 0 Å². The maximum absolute atomic E-state index is 13.0. The molecule has 0 amide bonds. The van der Waals surface area contributed by atoms with Crippen LogP contribution >= 0.6 is 0 Å². The number of likely N-dealkylation sites (N-methyl/N-ethyl adjacent to an activating group) is 1. The van der Waals surface area contributed by atoms with Crippen molar-refractivity contribution in [3.63, 3.8) is 0 Å². The minimum absolute atomic E-state index is 0.0888. The van der Waals surface area contributed by atoms with Crippen molar-refractivity contribution < 1.29 is 19.0 Å². The molecule has 2 aromatic rings. The number of ketones is 1. The number of hydrogen-bond donors (Lipinski definition) is 0. The summed E-state index contributed by atoms with van der Waals surface area (Å²) in [6, 6.07) is 5.63. The number of piperazine rings is 1. The molecule has 3 aliphatic rings. The quantitative estimate of drug-likeness (QED) is 0.674. The Balaban J connectivity index is 1.34. The summed E-state index contributed by atoms with van der Waals surface area (Å²) < 4.78 is 17.5. The van der Waals surface area contributed by atoms with Crippen molar-refractivity contribution in [2.45, 2.75) is 31.8 Å². The third kappa shape index (κ3) is 4.13. The molecule has 1 aromatic carbocycles. The molecule has 9 nitrogen and oxygen atoms in total. The molecule has 4 heterocycles. The Labute approximate surface area is 200 Å². The van der Waals surface area contributed by atoms with Crippen molar-refractivity contribution in [1.82, 2.24) is 14.9 Å². The summed E-state index contributed by atoms with van der Waals surface area (Å²) in [6.45, 7) is 7.47. The van der Waals surface area contributed by atoms with Crippen LogP contribution in [0.25, 0.3) is 0 Å². The van der Waals surface area contributed by atoms with Gasteiger partial charge in [-0.05, 0) is 26.1 Å². The Morgan fingerprint density at radius 1 is 0.941 bits per heavy atom. The number of anilines is 2. The van der Waals surface area contributed by atoms with Gasteiger partial charge in [-0.1, -0.05) is 0 Å². The lowest BCUT2D eigenvalue weighted by Gasteiger charge is -2.44. The highest BCUT2D eigenvalue weighted by atomic mass is 16.5. The van der Waals surface area contributed by atoms with Crippen LogP contribution in [0.1, 0.15) is 35.4 Å². The third-order valence-electron chi connectivity index (χ3n) is 7.24. The van der Waals surface area contributed by atoms with Crippen molar-refractivity contribution in [2.75, 3.05) is 70.3 Å². The molecule has 0 atom stereocenters. The monoisotopic (exact) mass is 467 g/mol. The number of nitrogens with zero attached hydrogens (tertiary/aromatic N) is 5. The van der Waals surface area contributed by atoms with Crippen molar-refractivity contribution >= 4 is 17.4 Å². The van der Waals surface area contributed by atoms with E-state index in [1.807, 2.05) is 6.92 Å². The molecule has 1 aromatic heterocycles. The molecule has 0 saturated carbocycles. The molecule has 0 radical (unpaired) electrons. The van der Waals surface area contributed by atoms with E-state index in [0.717, 1.165) is 69.6 Å². The predicted molar refractivity (Wildman–Crippen MR) is 130 cm³/mol. The Morgan fingerprint density at radius 3 is 2.21 bits per heavy atom. The van der Waals surface area contributed by atoms with Crippen LogP contribution in [0.3, 0.4) is 0 Å². The molecule has 0 aliphatic carbocycles. The lowest BCUT2D eigenvalue weighted by atomic mass is 9.82. The molecule has 3 aliphatic heterocycles. The standard InChI is InChI=1S/C25H33N5O4/c1-17-26-21(15-22(27-17)30-13-11-28(2)12-14-30)29-9-7-25(8-10-29)16-19(31)18-5-6-20(32-3)24(33-4)23(18)34-25/h5-6,15H,7-14,16H2,1-4H3. The van der Waals surface area contributed by atoms with E-state index in [2.05, 4.69) is 27.8 Å². The summed E-state index contributed by atoms with van der Waals surface area (Å²) >= 11 is 0. The first kappa shape index (κ1) is 22.7. The second kappa shape index (κ2) is 8.94. The van der Waals surface area contributed by atoms with Crippen LogP contribution in [0.2, 0.25) is 0 Å². The van der Waals surface area contributed by atoms with Crippen molar-refractivity contribution in [3.8, 4) is 17.2 Å². The lowest BCUT2D eigenvalue weighted by Crippen LogP contribution is -2.51. The summed E-state index contributed by atoms with van der Waals surface area (Å²) in [7, 11) is 5.31. The van der Waals surface area contributed by atoms with E-state index < -0.39 is 5.60 Å². The number of benzene rings is 1. The van der Waals surface area contributed by atoms with E-state index in [1.54, 1.807) is 26.4 Å². The number of Topliss-reactive ketones (excluding diaryl/α,β-unsaturated/α-hetero) is 1.